The van der Waals surface area contributed by atoms with Crippen molar-refractivity contribution in [3.8, 4) is 0 Å². The summed E-state index contributed by atoms with van der Waals surface area (Å²) >= 11 is 3.81. The molecule has 0 aliphatic rings. The van der Waals surface area contributed by atoms with Crippen molar-refractivity contribution in [2.45, 2.75) is 0 Å². The molecule has 0 fully saturated rings. The van der Waals surface area contributed by atoms with Crippen LogP contribution in [0.3, 0.4) is 0 Å². The summed E-state index contributed by atoms with van der Waals surface area (Å²) in [5.74, 6) is 0. The first-order valence-corrected chi connectivity index (χ1v) is 9.80. The van der Waals surface area contributed by atoms with Crippen LogP contribution in [0.1, 0.15) is 0 Å². The number of fused-ring (bicyclic) bond motifs is 6. The van der Waals surface area contributed by atoms with Crippen LogP contribution in [0.25, 0.3) is 43.6 Å². The topological polar surface area (TPSA) is 9.86 Å². The van der Waals surface area contributed by atoms with Crippen molar-refractivity contribution in [2.24, 2.45) is 0 Å². The van der Waals surface area contributed by atoms with Gasteiger partial charge in [0, 0.05) is 26.0 Å². The van der Waals surface area contributed by atoms with Gasteiger partial charge in [0.1, 0.15) is 0 Å². The molecule has 2 heterocycles. The molecule has 0 bridgehead atoms. The summed E-state index contributed by atoms with van der Waals surface area (Å²) in [6, 6.07) is 32.3. The Kier molecular flexibility index (Phi) is 3.06. The number of hydrogen-bond donors (Lipinski definition) is 0. The largest absolute Gasteiger partial charge is 0.248 e. The maximum Gasteiger partial charge on any atom is 0.0858 e. The van der Waals surface area contributed by atoms with Crippen LogP contribution in [-0.2, 0) is 0 Å². The van der Waals surface area contributed by atoms with Gasteiger partial charge in [-0.15, -0.1) is 0 Å². The second-order valence-corrected chi connectivity index (χ2v) is 7.67. The van der Waals surface area contributed by atoms with Gasteiger partial charge in [-0.2, -0.15) is 0 Å². The van der Waals surface area contributed by atoms with Gasteiger partial charge in [-0.25, -0.2) is 9.35 Å². The zero-order valence-electron chi connectivity index (χ0n) is 14.4. The number of nitrogens with zero attached hydrogens (tertiary/aromatic N) is 2. The van der Waals surface area contributed by atoms with E-state index < -0.39 is 0 Å². The van der Waals surface area contributed by atoms with E-state index in [1.807, 2.05) is 0 Å². The molecule has 0 radical (unpaired) electrons. The van der Waals surface area contributed by atoms with Crippen molar-refractivity contribution in [1.82, 2.24) is 9.35 Å². The summed E-state index contributed by atoms with van der Waals surface area (Å²) < 4.78 is 5.79. The molecule has 128 valence electrons. The van der Waals surface area contributed by atoms with Gasteiger partial charge >= 0.3 is 0 Å². The number of rotatable bonds is 1. The fourth-order valence-corrected chi connectivity index (χ4v) is 4.81. The Hall–Kier alpha value is -3.04. The molecule has 0 N–H and O–H groups in total. The smallest absolute Gasteiger partial charge is 0.0858 e. The highest BCUT2D eigenvalue weighted by molar-refractivity contribution is 9.10. The highest BCUT2D eigenvalue weighted by atomic mass is 79.9. The maximum absolute atomic E-state index is 3.81. The fraction of sp³-hybridized carbons (Fsp3) is 0. The molecule has 27 heavy (non-hydrogen) atoms. The normalized spacial score (nSPS) is 11.9. The molecular formula is C24H15BrN2. The van der Waals surface area contributed by atoms with Gasteiger partial charge in [0.05, 0.1) is 22.1 Å². The summed E-state index contributed by atoms with van der Waals surface area (Å²) in [5, 5.41) is 5.05. The van der Waals surface area contributed by atoms with Gasteiger partial charge in [-0.1, -0.05) is 66.7 Å². The van der Waals surface area contributed by atoms with Crippen molar-refractivity contribution in [1.29, 1.82) is 0 Å². The minimum Gasteiger partial charge on any atom is -0.248 e. The lowest BCUT2D eigenvalue weighted by Crippen LogP contribution is -2.08. The number of halogens is 1. The van der Waals surface area contributed by atoms with E-state index in [2.05, 4.69) is 116 Å². The predicted molar refractivity (Wildman–Crippen MR) is 117 cm³/mol. The number of benzene rings is 4. The van der Waals surface area contributed by atoms with Gasteiger partial charge in [0.25, 0.3) is 0 Å². The average Bonchev–Trinajstić information content (AvgIpc) is 3.22. The SMILES string of the molecule is Brc1cccc2c3ccccc3n(-n3c4ccccc4c4ccccc43)c12. The van der Waals surface area contributed by atoms with E-state index >= 15 is 0 Å². The molecule has 6 aromatic rings. The predicted octanol–water partition coefficient (Wildman–Crippen LogP) is 6.98. The molecule has 0 saturated heterocycles. The number of para-hydroxylation sites is 4. The third-order valence-corrected chi connectivity index (χ3v) is 6.02. The van der Waals surface area contributed by atoms with E-state index in [1.54, 1.807) is 0 Å². The summed E-state index contributed by atoms with van der Waals surface area (Å²) in [7, 11) is 0. The molecule has 4 aromatic carbocycles. The molecule has 2 nitrogen and oxygen atoms in total. The lowest BCUT2D eigenvalue weighted by atomic mass is 10.2. The molecule has 0 unspecified atom stereocenters. The highest BCUT2D eigenvalue weighted by Gasteiger charge is 2.18. The van der Waals surface area contributed by atoms with E-state index in [0.29, 0.717) is 0 Å². The summed E-state index contributed by atoms with van der Waals surface area (Å²) in [6.07, 6.45) is 0. The van der Waals surface area contributed by atoms with E-state index in [0.717, 1.165) is 4.47 Å². The molecule has 0 spiro atoms. The van der Waals surface area contributed by atoms with Crippen molar-refractivity contribution < 1.29 is 0 Å². The molecule has 0 atom stereocenters. The Morgan fingerprint density at radius 1 is 0.444 bits per heavy atom. The first kappa shape index (κ1) is 15.1. The first-order chi connectivity index (χ1) is 13.3. The van der Waals surface area contributed by atoms with Crippen molar-refractivity contribution >= 4 is 59.5 Å². The van der Waals surface area contributed by atoms with Gasteiger partial charge in [0.2, 0.25) is 0 Å². The molecule has 0 aliphatic carbocycles. The molecule has 3 heteroatoms. The molecule has 2 aromatic heterocycles. The van der Waals surface area contributed by atoms with Crippen molar-refractivity contribution in [3.63, 3.8) is 0 Å². The van der Waals surface area contributed by atoms with Crippen molar-refractivity contribution in [3.05, 3.63) is 95.5 Å². The van der Waals surface area contributed by atoms with Gasteiger partial charge in [-0.3, -0.25) is 0 Å². The van der Waals surface area contributed by atoms with Crippen LogP contribution in [0, 0.1) is 0 Å². The third kappa shape index (κ3) is 1.95. The highest BCUT2D eigenvalue weighted by Crippen LogP contribution is 2.37. The van der Waals surface area contributed by atoms with E-state index in [4.69, 9.17) is 0 Å². The monoisotopic (exact) mass is 410 g/mol. The van der Waals surface area contributed by atoms with Gasteiger partial charge in [0.15, 0.2) is 0 Å². The molecule has 0 aliphatic heterocycles. The van der Waals surface area contributed by atoms with Crippen LogP contribution in [0.4, 0.5) is 0 Å². The summed E-state index contributed by atoms with van der Waals surface area (Å²) in [4.78, 5) is 0. The van der Waals surface area contributed by atoms with Crippen molar-refractivity contribution in [2.75, 3.05) is 0 Å². The Morgan fingerprint density at radius 3 is 1.48 bits per heavy atom. The fourth-order valence-electron chi connectivity index (χ4n) is 4.28. The molecular weight excluding hydrogens is 396 g/mol. The lowest BCUT2D eigenvalue weighted by molar-refractivity contribution is 0.773. The third-order valence-electron chi connectivity index (χ3n) is 5.38. The van der Waals surface area contributed by atoms with E-state index in [1.165, 1.54) is 43.6 Å². The minimum absolute atomic E-state index is 1.10. The van der Waals surface area contributed by atoms with Gasteiger partial charge in [-0.05, 0) is 40.2 Å². The van der Waals surface area contributed by atoms with Crippen LogP contribution in [0.5, 0.6) is 0 Å². The van der Waals surface area contributed by atoms with Crippen LogP contribution in [0.2, 0.25) is 0 Å². The Balaban J connectivity index is 1.95. The average molecular weight is 411 g/mol. The van der Waals surface area contributed by atoms with Crippen LogP contribution < -0.4 is 0 Å². The summed E-state index contributed by atoms with van der Waals surface area (Å²) in [6.45, 7) is 0. The molecule has 0 amide bonds. The number of hydrogen-bond acceptors (Lipinski definition) is 0. The first-order valence-electron chi connectivity index (χ1n) is 9.01. The van der Waals surface area contributed by atoms with E-state index in [-0.39, 0.29) is 0 Å². The number of aromatic nitrogens is 2. The molecule has 0 saturated carbocycles. The maximum atomic E-state index is 3.81. The van der Waals surface area contributed by atoms with Crippen LogP contribution >= 0.6 is 15.9 Å². The van der Waals surface area contributed by atoms with Gasteiger partial charge < -0.3 is 0 Å². The Bertz CT molecular complexity index is 1430. The summed E-state index contributed by atoms with van der Waals surface area (Å²) in [5.41, 5.74) is 4.80. The van der Waals surface area contributed by atoms with Crippen LogP contribution in [0.15, 0.2) is 95.5 Å². The lowest BCUT2D eigenvalue weighted by Gasteiger charge is -2.13. The Labute approximate surface area is 164 Å². The van der Waals surface area contributed by atoms with E-state index in [9.17, 15) is 0 Å². The van der Waals surface area contributed by atoms with Crippen LogP contribution in [-0.4, -0.2) is 9.35 Å². The zero-order chi connectivity index (χ0) is 18.0. The minimum atomic E-state index is 1.10. The molecule has 6 rings (SSSR count). The second kappa shape index (κ2) is 5.48. The standard InChI is InChI=1S/C24H15BrN2/c25-20-12-7-11-19-18-10-3-6-15-23(18)27(24(19)20)26-21-13-4-1-8-16(21)17-9-2-5-14-22(17)26/h1-15H. The zero-order valence-corrected chi connectivity index (χ0v) is 16.0. The quantitative estimate of drug-likeness (QED) is 0.276. The Morgan fingerprint density at radius 2 is 0.889 bits per heavy atom. The second-order valence-electron chi connectivity index (χ2n) is 6.81.